The summed E-state index contributed by atoms with van der Waals surface area (Å²) >= 11 is 0. The number of amides is 1. The molecule has 1 amide bonds. The van der Waals surface area contributed by atoms with E-state index < -0.39 is 11.9 Å². The van der Waals surface area contributed by atoms with Gasteiger partial charge in [0, 0.05) is 17.9 Å². The Morgan fingerprint density at radius 2 is 1.95 bits per heavy atom. The van der Waals surface area contributed by atoms with Gasteiger partial charge in [0.2, 0.25) is 11.9 Å². The third-order valence-corrected chi connectivity index (χ3v) is 7.71. The van der Waals surface area contributed by atoms with Crippen LogP contribution in [0.2, 0.25) is 0 Å². The molecule has 0 radical (unpaired) electrons. The molecule has 2 atom stereocenters. The fraction of sp³-hybridized carbons (Fsp3) is 0.323. The lowest BCUT2D eigenvalue weighted by Gasteiger charge is -2.31. The third kappa shape index (κ3) is 5.14. The van der Waals surface area contributed by atoms with Crippen molar-refractivity contribution in [3.63, 3.8) is 0 Å². The molecule has 1 aliphatic rings. The lowest BCUT2D eigenvalue weighted by atomic mass is 9.84. The summed E-state index contributed by atoms with van der Waals surface area (Å²) < 4.78 is 0. The Kier molecular flexibility index (Phi) is 7.18. The van der Waals surface area contributed by atoms with E-state index in [-0.39, 0.29) is 11.8 Å². The highest BCUT2D eigenvalue weighted by Gasteiger charge is 2.27. The van der Waals surface area contributed by atoms with Crippen LogP contribution < -0.4 is 10.2 Å². The smallest absolute Gasteiger partial charge is 0.307 e. The number of carbonyl (C=O) groups excluding carboxylic acids is 1. The highest BCUT2D eigenvalue weighted by Crippen LogP contribution is 2.34. The normalized spacial score (nSPS) is 14.7. The van der Waals surface area contributed by atoms with Gasteiger partial charge >= 0.3 is 5.97 Å². The third-order valence-electron chi connectivity index (χ3n) is 7.71. The molecular formula is C31H34N4O3. The zero-order valence-electron chi connectivity index (χ0n) is 22.1. The lowest BCUT2D eigenvalue weighted by molar-refractivity contribution is -0.142. The van der Waals surface area contributed by atoms with Crippen molar-refractivity contribution in [1.82, 2.24) is 9.97 Å². The number of hydrogen-bond donors (Lipinski definition) is 3. The molecule has 3 N–H and O–H groups in total. The minimum absolute atomic E-state index is 0.0563. The molecule has 5 rings (SSSR count). The minimum atomic E-state index is -0.762. The van der Waals surface area contributed by atoms with E-state index in [2.05, 4.69) is 21.4 Å². The Hall–Kier alpha value is -4.13. The van der Waals surface area contributed by atoms with Gasteiger partial charge in [-0.3, -0.25) is 9.59 Å². The number of imidazole rings is 1. The van der Waals surface area contributed by atoms with Crippen LogP contribution in [0.25, 0.3) is 11.0 Å². The van der Waals surface area contributed by atoms with Crippen molar-refractivity contribution >= 4 is 40.2 Å². The van der Waals surface area contributed by atoms with Crippen LogP contribution in [-0.4, -0.2) is 33.5 Å². The van der Waals surface area contributed by atoms with Crippen LogP contribution in [0.5, 0.6) is 0 Å². The Bertz CT molecular complexity index is 1490. The fourth-order valence-corrected chi connectivity index (χ4v) is 5.47. The standard InChI is InChI=1S/C31H34N4O3/c1-4-24(30(37)38)20(3)22-12-14-28-23(18-22)9-7-15-35(28)29(36)17-21-11-13-26-27(16-21)34-31(33-26)32-25-10-6-5-8-19(25)2/h5-6,8,10-14,16,18,20,24H,4,7,9,15,17H2,1-3H3,(H,37,38)(H2,32,33,34). The highest BCUT2D eigenvalue weighted by atomic mass is 16.4. The van der Waals surface area contributed by atoms with Crippen LogP contribution in [0.1, 0.15) is 54.9 Å². The molecule has 2 heterocycles. The molecule has 1 aromatic heterocycles. The number of carboxylic acid groups (broad SMARTS) is 1. The van der Waals surface area contributed by atoms with Crippen LogP contribution in [0, 0.1) is 12.8 Å². The first-order valence-electron chi connectivity index (χ1n) is 13.3. The number of anilines is 3. The van der Waals surface area contributed by atoms with Crippen LogP contribution in [-0.2, 0) is 22.4 Å². The van der Waals surface area contributed by atoms with Gasteiger partial charge in [-0.2, -0.15) is 0 Å². The van der Waals surface area contributed by atoms with Crippen LogP contribution in [0.4, 0.5) is 17.3 Å². The topological polar surface area (TPSA) is 98.3 Å². The number of nitrogens with one attached hydrogen (secondary N) is 2. The summed E-state index contributed by atoms with van der Waals surface area (Å²) in [5.74, 6) is -0.539. The molecule has 196 valence electrons. The van der Waals surface area contributed by atoms with E-state index in [0.29, 0.717) is 25.3 Å². The van der Waals surface area contributed by atoms with Crippen molar-refractivity contribution in [2.45, 2.75) is 52.4 Å². The van der Waals surface area contributed by atoms with Gasteiger partial charge in [0.1, 0.15) is 0 Å². The molecule has 0 saturated heterocycles. The van der Waals surface area contributed by atoms with E-state index in [9.17, 15) is 14.7 Å². The summed E-state index contributed by atoms with van der Waals surface area (Å²) in [6, 6.07) is 20.0. The van der Waals surface area contributed by atoms with Gasteiger partial charge < -0.3 is 20.3 Å². The SMILES string of the molecule is CCC(C(=O)O)C(C)c1ccc2c(c1)CCCN2C(=O)Cc1ccc2nc(Nc3ccccc3C)[nH]c2c1. The van der Waals surface area contributed by atoms with E-state index in [0.717, 1.165) is 57.5 Å². The Morgan fingerprint density at radius 3 is 2.71 bits per heavy atom. The van der Waals surface area contributed by atoms with Crippen molar-refractivity contribution in [3.05, 3.63) is 82.9 Å². The Balaban J connectivity index is 1.32. The number of aromatic amines is 1. The number of para-hydroxylation sites is 1. The van der Waals surface area contributed by atoms with Gasteiger partial charge in [-0.05, 0) is 78.6 Å². The first kappa shape index (κ1) is 25.5. The molecule has 1 aliphatic heterocycles. The van der Waals surface area contributed by atoms with Crippen LogP contribution in [0.3, 0.4) is 0 Å². The Morgan fingerprint density at radius 1 is 1.13 bits per heavy atom. The second-order valence-corrected chi connectivity index (χ2v) is 10.2. The molecule has 0 fully saturated rings. The van der Waals surface area contributed by atoms with Gasteiger partial charge in [0.15, 0.2) is 0 Å². The fourth-order valence-electron chi connectivity index (χ4n) is 5.47. The number of aryl methyl sites for hydroxylation is 2. The van der Waals surface area contributed by atoms with E-state index >= 15 is 0 Å². The number of H-pyrrole nitrogens is 1. The van der Waals surface area contributed by atoms with E-state index in [4.69, 9.17) is 0 Å². The number of carbonyl (C=O) groups is 2. The van der Waals surface area contributed by atoms with Crippen LogP contribution in [0.15, 0.2) is 60.7 Å². The zero-order valence-corrected chi connectivity index (χ0v) is 22.1. The number of carboxylic acids is 1. The van der Waals surface area contributed by atoms with Crippen molar-refractivity contribution in [2.24, 2.45) is 5.92 Å². The van der Waals surface area contributed by atoms with Gasteiger partial charge in [0.25, 0.3) is 0 Å². The molecule has 0 spiro atoms. The summed E-state index contributed by atoms with van der Waals surface area (Å²) in [6.45, 7) is 6.62. The van der Waals surface area contributed by atoms with Gasteiger partial charge in [0.05, 0.1) is 23.4 Å². The summed E-state index contributed by atoms with van der Waals surface area (Å²) in [5, 5.41) is 12.9. The van der Waals surface area contributed by atoms with Crippen molar-refractivity contribution in [3.8, 4) is 0 Å². The van der Waals surface area contributed by atoms with Crippen molar-refractivity contribution < 1.29 is 14.7 Å². The molecule has 0 aliphatic carbocycles. The second-order valence-electron chi connectivity index (χ2n) is 10.2. The molecule has 7 heteroatoms. The van der Waals surface area contributed by atoms with Gasteiger partial charge in [-0.1, -0.05) is 50.2 Å². The van der Waals surface area contributed by atoms with E-state index in [1.54, 1.807) is 0 Å². The van der Waals surface area contributed by atoms with Crippen LogP contribution >= 0.6 is 0 Å². The number of benzene rings is 3. The average molecular weight is 511 g/mol. The van der Waals surface area contributed by atoms with E-state index in [1.807, 2.05) is 80.3 Å². The van der Waals surface area contributed by atoms with Crippen molar-refractivity contribution in [1.29, 1.82) is 0 Å². The quantitative estimate of drug-likeness (QED) is 0.257. The molecule has 2 unspecified atom stereocenters. The predicted molar refractivity (Wildman–Crippen MR) is 151 cm³/mol. The molecule has 7 nitrogen and oxygen atoms in total. The largest absolute Gasteiger partial charge is 0.481 e. The maximum Gasteiger partial charge on any atom is 0.307 e. The maximum absolute atomic E-state index is 13.4. The summed E-state index contributed by atoms with van der Waals surface area (Å²) in [5.41, 5.74) is 7.86. The molecule has 3 aromatic carbocycles. The molecule has 0 bridgehead atoms. The monoisotopic (exact) mass is 510 g/mol. The number of aliphatic carboxylic acids is 1. The molecular weight excluding hydrogens is 476 g/mol. The first-order valence-corrected chi connectivity index (χ1v) is 13.3. The predicted octanol–water partition coefficient (Wildman–Crippen LogP) is 6.35. The van der Waals surface area contributed by atoms with Crippen molar-refractivity contribution in [2.75, 3.05) is 16.8 Å². The molecule has 0 saturated carbocycles. The van der Waals surface area contributed by atoms with E-state index in [1.165, 1.54) is 0 Å². The highest BCUT2D eigenvalue weighted by molar-refractivity contribution is 5.96. The van der Waals surface area contributed by atoms with Gasteiger partial charge in [-0.15, -0.1) is 0 Å². The summed E-state index contributed by atoms with van der Waals surface area (Å²) in [4.78, 5) is 34.9. The second kappa shape index (κ2) is 10.7. The molecule has 4 aromatic rings. The zero-order chi connectivity index (χ0) is 26.8. The summed E-state index contributed by atoms with van der Waals surface area (Å²) in [6.07, 6.45) is 2.66. The number of fused-ring (bicyclic) bond motifs is 2. The maximum atomic E-state index is 13.4. The minimum Gasteiger partial charge on any atom is -0.481 e. The lowest BCUT2D eigenvalue weighted by Crippen LogP contribution is -2.36. The molecule has 38 heavy (non-hydrogen) atoms. The number of hydrogen-bond acceptors (Lipinski definition) is 4. The average Bonchev–Trinajstić information content (AvgIpc) is 3.31. The van der Waals surface area contributed by atoms with Gasteiger partial charge in [-0.25, -0.2) is 4.98 Å². The number of nitrogens with zero attached hydrogens (tertiary/aromatic N) is 2. The number of aromatic nitrogens is 2. The number of rotatable bonds is 8. The first-order chi connectivity index (χ1) is 18.3. The summed E-state index contributed by atoms with van der Waals surface area (Å²) in [7, 11) is 0. The Labute approximate surface area is 222 Å².